The molecule has 4 heteroatoms. The van der Waals surface area contributed by atoms with Gasteiger partial charge in [-0.15, -0.1) is 0 Å². The van der Waals surface area contributed by atoms with E-state index in [0.717, 1.165) is 25.9 Å². The van der Waals surface area contributed by atoms with Crippen molar-refractivity contribution in [2.24, 2.45) is 0 Å². The van der Waals surface area contributed by atoms with E-state index in [1.807, 2.05) is 0 Å². The van der Waals surface area contributed by atoms with Crippen molar-refractivity contribution in [2.45, 2.75) is 18.4 Å². The van der Waals surface area contributed by atoms with Gasteiger partial charge < -0.3 is 15.0 Å². The van der Waals surface area contributed by atoms with E-state index in [0.29, 0.717) is 6.54 Å². The van der Waals surface area contributed by atoms with Crippen LogP contribution in [0.25, 0.3) is 0 Å². The summed E-state index contributed by atoms with van der Waals surface area (Å²) < 4.78 is 5.27. The molecule has 12 heavy (non-hydrogen) atoms. The molecule has 1 spiro atoms. The summed E-state index contributed by atoms with van der Waals surface area (Å²) >= 11 is 0. The highest BCUT2D eigenvalue weighted by atomic mass is 16.6. The van der Waals surface area contributed by atoms with Crippen LogP contribution >= 0.6 is 0 Å². The first kappa shape index (κ1) is 7.86. The van der Waals surface area contributed by atoms with Crippen molar-refractivity contribution < 1.29 is 9.53 Å². The molecule has 68 valence electrons. The van der Waals surface area contributed by atoms with Crippen molar-refractivity contribution in [2.75, 3.05) is 26.7 Å². The Morgan fingerprint density at radius 3 is 3.08 bits per heavy atom. The average Bonchev–Trinajstić information content (AvgIpc) is 2.32. The third kappa shape index (κ3) is 1.27. The normalized spacial score (nSPS) is 36.6. The predicted octanol–water partition coefficient (Wildman–Crippen LogP) is 0.191. The zero-order valence-corrected chi connectivity index (χ0v) is 7.30. The molecular weight excluding hydrogens is 156 g/mol. The zero-order valence-electron chi connectivity index (χ0n) is 7.30. The summed E-state index contributed by atoms with van der Waals surface area (Å²) in [6.45, 7) is 2.65. The lowest BCUT2D eigenvalue weighted by Crippen LogP contribution is -2.48. The van der Waals surface area contributed by atoms with Crippen LogP contribution in [0.5, 0.6) is 0 Å². The summed E-state index contributed by atoms with van der Waals surface area (Å²) in [4.78, 5) is 13.1. The Hall–Kier alpha value is -0.770. The smallest absolute Gasteiger partial charge is 0.407 e. The first-order valence-electron chi connectivity index (χ1n) is 4.36. The topological polar surface area (TPSA) is 41.6 Å². The van der Waals surface area contributed by atoms with Gasteiger partial charge in [-0.25, -0.2) is 4.79 Å². The molecule has 2 aliphatic heterocycles. The summed E-state index contributed by atoms with van der Waals surface area (Å²) in [5.74, 6) is 0. The maximum atomic E-state index is 10.9. The van der Waals surface area contributed by atoms with Gasteiger partial charge >= 0.3 is 6.09 Å². The average molecular weight is 170 g/mol. The first-order chi connectivity index (χ1) is 5.70. The fraction of sp³-hybridized carbons (Fsp3) is 0.875. The Kier molecular flexibility index (Phi) is 1.72. The van der Waals surface area contributed by atoms with Crippen LogP contribution in [-0.4, -0.2) is 43.3 Å². The van der Waals surface area contributed by atoms with Crippen molar-refractivity contribution in [3.63, 3.8) is 0 Å². The van der Waals surface area contributed by atoms with E-state index >= 15 is 0 Å². The van der Waals surface area contributed by atoms with Gasteiger partial charge in [-0.1, -0.05) is 0 Å². The molecule has 2 heterocycles. The molecule has 0 bridgehead atoms. The highest BCUT2D eigenvalue weighted by Crippen LogP contribution is 2.26. The number of carbonyl (C=O) groups excluding carboxylic acids is 1. The van der Waals surface area contributed by atoms with Crippen LogP contribution < -0.4 is 5.32 Å². The fourth-order valence-corrected chi connectivity index (χ4v) is 2.05. The van der Waals surface area contributed by atoms with Crippen molar-refractivity contribution in [1.29, 1.82) is 0 Å². The standard InChI is InChI=1S/C8H14N2O2/c1-10-4-2-3-8(6-10)5-9-7(11)12-8/h2-6H2,1H3,(H,9,11)/t8-/m0/s1. The van der Waals surface area contributed by atoms with Gasteiger partial charge in [0.15, 0.2) is 0 Å². The molecule has 2 fully saturated rings. The highest BCUT2D eigenvalue weighted by Gasteiger charge is 2.42. The van der Waals surface area contributed by atoms with E-state index in [9.17, 15) is 4.79 Å². The minimum atomic E-state index is -0.259. The number of hydrogen-bond donors (Lipinski definition) is 1. The van der Waals surface area contributed by atoms with E-state index in [4.69, 9.17) is 4.74 Å². The van der Waals surface area contributed by atoms with E-state index in [1.165, 1.54) is 0 Å². The number of likely N-dealkylation sites (N-methyl/N-ethyl adjacent to an activating group) is 1. The second kappa shape index (κ2) is 2.62. The summed E-state index contributed by atoms with van der Waals surface area (Å²) in [5.41, 5.74) is -0.218. The maximum absolute atomic E-state index is 10.9. The van der Waals surface area contributed by atoms with Crippen LogP contribution in [0.2, 0.25) is 0 Å². The monoisotopic (exact) mass is 170 g/mol. The molecule has 2 aliphatic rings. The number of alkyl carbamates (subject to hydrolysis) is 1. The molecule has 2 saturated heterocycles. The van der Waals surface area contributed by atoms with E-state index in [-0.39, 0.29) is 11.7 Å². The molecule has 0 saturated carbocycles. The van der Waals surface area contributed by atoms with Gasteiger partial charge in [-0.05, 0) is 26.4 Å². The second-order valence-electron chi connectivity index (χ2n) is 3.77. The predicted molar refractivity (Wildman–Crippen MR) is 43.9 cm³/mol. The summed E-state index contributed by atoms with van der Waals surface area (Å²) in [6, 6.07) is 0. The van der Waals surface area contributed by atoms with E-state index < -0.39 is 0 Å². The Bertz CT molecular complexity index is 207. The van der Waals surface area contributed by atoms with Crippen LogP contribution in [0.3, 0.4) is 0 Å². The lowest BCUT2D eigenvalue weighted by molar-refractivity contribution is -0.000428. The van der Waals surface area contributed by atoms with Crippen LogP contribution in [0.1, 0.15) is 12.8 Å². The van der Waals surface area contributed by atoms with Crippen molar-refractivity contribution in [1.82, 2.24) is 10.2 Å². The van der Waals surface area contributed by atoms with Crippen molar-refractivity contribution >= 4 is 6.09 Å². The molecule has 0 aromatic carbocycles. The molecule has 4 nitrogen and oxygen atoms in total. The van der Waals surface area contributed by atoms with Gasteiger partial charge in [0.2, 0.25) is 0 Å². The van der Waals surface area contributed by atoms with Crippen LogP contribution in [0, 0.1) is 0 Å². The number of likely N-dealkylation sites (tertiary alicyclic amines) is 1. The Balaban J connectivity index is 2.05. The molecule has 0 aromatic heterocycles. The van der Waals surface area contributed by atoms with Gasteiger partial charge in [0.05, 0.1) is 6.54 Å². The number of carbonyl (C=O) groups is 1. The fourth-order valence-electron chi connectivity index (χ4n) is 2.05. The summed E-state index contributed by atoms with van der Waals surface area (Å²) in [5, 5.41) is 2.71. The van der Waals surface area contributed by atoms with Crippen LogP contribution in [-0.2, 0) is 4.74 Å². The number of amides is 1. The molecule has 1 amide bonds. The Labute approximate surface area is 71.9 Å². The molecular formula is C8H14N2O2. The lowest BCUT2D eigenvalue weighted by Gasteiger charge is -2.35. The van der Waals surface area contributed by atoms with Gasteiger partial charge in [-0.2, -0.15) is 0 Å². The molecule has 0 radical (unpaired) electrons. The van der Waals surface area contributed by atoms with E-state index in [1.54, 1.807) is 0 Å². The SMILES string of the molecule is CN1CCC[C@]2(CNC(=O)O2)C1. The first-order valence-corrected chi connectivity index (χ1v) is 4.36. The highest BCUT2D eigenvalue weighted by molar-refractivity contribution is 5.70. The number of hydrogen-bond acceptors (Lipinski definition) is 3. The minimum Gasteiger partial charge on any atom is -0.440 e. The number of ether oxygens (including phenoxy) is 1. The Morgan fingerprint density at radius 2 is 2.50 bits per heavy atom. The number of nitrogens with zero attached hydrogens (tertiary/aromatic N) is 1. The molecule has 0 aromatic rings. The molecule has 0 aliphatic carbocycles. The Morgan fingerprint density at radius 1 is 1.67 bits per heavy atom. The van der Waals surface area contributed by atoms with Gasteiger partial charge in [0.25, 0.3) is 0 Å². The second-order valence-corrected chi connectivity index (χ2v) is 3.77. The molecule has 0 unspecified atom stereocenters. The van der Waals surface area contributed by atoms with Gasteiger partial charge in [-0.3, -0.25) is 0 Å². The third-order valence-corrected chi connectivity index (χ3v) is 2.59. The largest absolute Gasteiger partial charge is 0.440 e. The van der Waals surface area contributed by atoms with Gasteiger partial charge in [0, 0.05) is 6.54 Å². The number of piperidine rings is 1. The van der Waals surface area contributed by atoms with Gasteiger partial charge in [0.1, 0.15) is 5.60 Å². The van der Waals surface area contributed by atoms with E-state index in [2.05, 4.69) is 17.3 Å². The summed E-state index contributed by atoms with van der Waals surface area (Å²) in [6.07, 6.45) is 1.85. The van der Waals surface area contributed by atoms with Crippen molar-refractivity contribution in [3.05, 3.63) is 0 Å². The minimum absolute atomic E-state index is 0.218. The van der Waals surface area contributed by atoms with Crippen LogP contribution in [0.15, 0.2) is 0 Å². The number of nitrogens with one attached hydrogen (secondary N) is 1. The molecule has 1 N–H and O–H groups in total. The third-order valence-electron chi connectivity index (χ3n) is 2.59. The zero-order chi connectivity index (χ0) is 8.60. The molecule has 1 atom stereocenters. The maximum Gasteiger partial charge on any atom is 0.407 e. The molecule has 2 rings (SSSR count). The quantitative estimate of drug-likeness (QED) is 0.564. The number of rotatable bonds is 0. The van der Waals surface area contributed by atoms with Crippen LogP contribution in [0.4, 0.5) is 4.79 Å². The lowest BCUT2D eigenvalue weighted by atomic mass is 9.93. The summed E-state index contributed by atoms with van der Waals surface area (Å²) in [7, 11) is 2.06. The van der Waals surface area contributed by atoms with Crippen molar-refractivity contribution in [3.8, 4) is 0 Å².